The molecule has 2 N–H and O–H groups in total. The minimum absolute atomic E-state index is 0.0368. The first-order valence-corrected chi connectivity index (χ1v) is 11.1. The Hall–Kier alpha value is -3.46. The predicted molar refractivity (Wildman–Crippen MR) is 126 cm³/mol. The predicted octanol–water partition coefficient (Wildman–Crippen LogP) is 4.67. The van der Waals surface area contributed by atoms with Crippen molar-refractivity contribution in [1.29, 1.82) is 0 Å². The third-order valence-electron chi connectivity index (χ3n) is 5.31. The monoisotopic (exact) mass is 455 g/mol. The van der Waals surface area contributed by atoms with Crippen LogP contribution in [-0.2, 0) is 0 Å². The Bertz CT molecular complexity index is 1050. The molecule has 2 aromatic carbocycles. The molecule has 33 heavy (non-hydrogen) atoms. The summed E-state index contributed by atoms with van der Waals surface area (Å²) in [5, 5.41) is 14.0. The van der Waals surface area contributed by atoms with Crippen molar-refractivity contribution in [2.75, 3.05) is 43.9 Å². The van der Waals surface area contributed by atoms with Crippen molar-refractivity contribution < 1.29 is 18.3 Å². The Labute approximate surface area is 193 Å². The number of hydrogen-bond donors (Lipinski definition) is 2. The molecule has 176 valence electrons. The SMILES string of the molecule is CCN(CC)CCCCNc1nnc(-c2ccc(NC(=O)c3ccccc3F)cc2OC)o1. The number of halogens is 1. The van der Waals surface area contributed by atoms with Gasteiger partial charge in [0.25, 0.3) is 11.8 Å². The molecule has 0 radical (unpaired) electrons. The number of methoxy groups -OCH3 is 1. The fourth-order valence-corrected chi connectivity index (χ4v) is 3.39. The molecule has 0 atom stereocenters. The van der Waals surface area contributed by atoms with Gasteiger partial charge in [0, 0.05) is 18.3 Å². The van der Waals surface area contributed by atoms with E-state index < -0.39 is 11.7 Å². The van der Waals surface area contributed by atoms with Crippen LogP contribution in [-0.4, -0.2) is 54.3 Å². The molecular weight excluding hydrogens is 425 g/mol. The third-order valence-corrected chi connectivity index (χ3v) is 5.31. The molecule has 0 aliphatic rings. The largest absolute Gasteiger partial charge is 0.496 e. The first-order valence-electron chi connectivity index (χ1n) is 11.1. The van der Waals surface area contributed by atoms with Crippen LogP contribution in [0.5, 0.6) is 5.75 Å². The number of nitrogens with one attached hydrogen (secondary N) is 2. The van der Waals surface area contributed by atoms with E-state index in [1.807, 2.05) is 0 Å². The molecule has 0 saturated heterocycles. The van der Waals surface area contributed by atoms with Gasteiger partial charge in [-0.25, -0.2) is 4.39 Å². The van der Waals surface area contributed by atoms with Gasteiger partial charge in [0.2, 0.25) is 0 Å². The molecule has 1 aromatic heterocycles. The fraction of sp³-hybridized carbons (Fsp3) is 0.375. The van der Waals surface area contributed by atoms with E-state index in [1.54, 1.807) is 24.3 Å². The van der Waals surface area contributed by atoms with Crippen molar-refractivity contribution in [2.45, 2.75) is 26.7 Å². The number of carbonyl (C=O) groups excluding carboxylic acids is 1. The van der Waals surface area contributed by atoms with Gasteiger partial charge in [-0.05, 0) is 56.7 Å². The molecule has 1 amide bonds. The second kappa shape index (κ2) is 12.0. The zero-order valence-electron chi connectivity index (χ0n) is 19.2. The van der Waals surface area contributed by atoms with Gasteiger partial charge in [0.15, 0.2) is 0 Å². The molecule has 0 bridgehead atoms. The van der Waals surface area contributed by atoms with Gasteiger partial charge in [0.1, 0.15) is 11.6 Å². The lowest BCUT2D eigenvalue weighted by atomic mass is 10.1. The smallest absolute Gasteiger partial charge is 0.315 e. The van der Waals surface area contributed by atoms with Crippen LogP contribution in [0.4, 0.5) is 16.1 Å². The van der Waals surface area contributed by atoms with E-state index in [-0.39, 0.29) is 5.56 Å². The normalized spacial score (nSPS) is 10.9. The average Bonchev–Trinajstić information content (AvgIpc) is 3.30. The quantitative estimate of drug-likeness (QED) is 0.383. The van der Waals surface area contributed by atoms with Crippen LogP contribution >= 0.6 is 0 Å². The van der Waals surface area contributed by atoms with Gasteiger partial charge in [-0.15, -0.1) is 5.10 Å². The van der Waals surface area contributed by atoms with Crippen LogP contribution in [0.25, 0.3) is 11.5 Å². The van der Waals surface area contributed by atoms with Crippen LogP contribution in [0.1, 0.15) is 37.0 Å². The number of nitrogens with zero attached hydrogens (tertiary/aromatic N) is 3. The van der Waals surface area contributed by atoms with Gasteiger partial charge < -0.3 is 24.7 Å². The lowest BCUT2D eigenvalue weighted by Gasteiger charge is -2.17. The maximum atomic E-state index is 13.9. The Morgan fingerprint density at radius 3 is 2.64 bits per heavy atom. The van der Waals surface area contributed by atoms with Crippen LogP contribution in [0, 0.1) is 5.82 Å². The maximum absolute atomic E-state index is 13.9. The first-order chi connectivity index (χ1) is 16.0. The highest BCUT2D eigenvalue weighted by molar-refractivity contribution is 6.04. The Morgan fingerprint density at radius 2 is 1.91 bits per heavy atom. The van der Waals surface area contributed by atoms with Gasteiger partial charge >= 0.3 is 6.01 Å². The van der Waals surface area contributed by atoms with Crippen LogP contribution in [0.3, 0.4) is 0 Å². The number of rotatable bonds is 12. The number of unbranched alkanes of at least 4 members (excludes halogenated alkanes) is 1. The lowest BCUT2D eigenvalue weighted by Crippen LogP contribution is -2.24. The van der Waals surface area contributed by atoms with Crippen LogP contribution in [0.15, 0.2) is 46.9 Å². The molecule has 0 saturated carbocycles. The summed E-state index contributed by atoms with van der Waals surface area (Å²) < 4.78 is 25.0. The summed E-state index contributed by atoms with van der Waals surface area (Å²) in [6.07, 6.45) is 2.08. The minimum atomic E-state index is -0.586. The molecule has 3 aromatic rings. The topological polar surface area (TPSA) is 92.5 Å². The number of benzene rings is 2. The van der Waals surface area contributed by atoms with Gasteiger partial charge in [-0.2, -0.15) is 0 Å². The summed E-state index contributed by atoms with van der Waals surface area (Å²) in [7, 11) is 1.51. The number of ether oxygens (including phenoxy) is 1. The fourth-order valence-electron chi connectivity index (χ4n) is 3.39. The molecule has 9 heteroatoms. The van der Waals surface area contributed by atoms with E-state index in [1.165, 1.54) is 25.3 Å². The van der Waals surface area contributed by atoms with E-state index in [4.69, 9.17) is 9.15 Å². The summed E-state index contributed by atoms with van der Waals surface area (Å²) in [6, 6.07) is 11.1. The standard InChI is InChI=1S/C24H30FN5O3/c1-4-30(5-2)15-9-8-14-26-24-29-28-23(33-24)19-13-12-17(16-21(19)32-3)27-22(31)18-10-6-7-11-20(18)25/h6-7,10-13,16H,4-5,8-9,14-15H2,1-3H3,(H,26,29)(H,27,31). The average molecular weight is 456 g/mol. The molecule has 0 spiro atoms. The molecule has 0 fully saturated rings. The Kier molecular flexibility index (Phi) is 8.77. The highest BCUT2D eigenvalue weighted by Gasteiger charge is 2.16. The zero-order valence-corrected chi connectivity index (χ0v) is 19.2. The van der Waals surface area contributed by atoms with Crippen molar-refractivity contribution in [1.82, 2.24) is 15.1 Å². The summed E-state index contributed by atoms with van der Waals surface area (Å²) in [4.78, 5) is 14.8. The van der Waals surface area contributed by atoms with Crippen LogP contribution in [0.2, 0.25) is 0 Å². The number of hydrogen-bond acceptors (Lipinski definition) is 7. The second-order valence-corrected chi connectivity index (χ2v) is 7.42. The summed E-state index contributed by atoms with van der Waals surface area (Å²) in [5.74, 6) is -0.397. The zero-order chi connectivity index (χ0) is 23.6. The number of aromatic nitrogens is 2. The highest BCUT2D eigenvalue weighted by atomic mass is 19.1. The summed E-state index contributed by atoms with van der Waals surface area (Å²) in [6.45, 7) is 8.26. The number of amides is 1. The van der Waals surface area contributed by atoms with Crippen molar-refractivity contribution in [2.24, 2.45) is 0 Å². The molecule has 8 nitrogen and oxygen atoms in total. The van der Waals surface area contributed by atoms with Crippen molar-refractivity contribution in [3.05, 3.63) is 53.8 Å². The molecule has 0 unspecified atom stereocenters. The van der Waals surface area contributed by atoms with E-state index >= 15 is 0 Å². The Morgan fingerprint density at radius 1 is 1.12 bits per heavy atom. The lowest BCUT2D eigenvalue weighted by molar-refractivity contribution is 0.102. The maximum Gasteiger partial charge on any atom is 0.315 e. The molecule has 0 aliphatic carbocycles. The van der Waals surface area contributed by atoms with Gasteiger partial charge in [0.05, 0.1) is 18.2 Å². The minimum Gasteiger partial charge on any atom is -0.496 e. The molecule has 3 rings (SSSR count). The van der Waals surface area contributed by atoms with E-state index in [2.05, 4.69) is 39.6 Å². The molecular formula is C24H30FN5O3. The summed E-state index contributed by atoms with van der Waals surface area (Å²) >= 11 is 0. The molecule has 0 aliphatic heterocycles. The third kappa shape index (κ3) is 6.52. The second-order valence-electron chi connectivity index (χ2n) is 7.42. The van der Waals surface area contributed by atoms with E-state index in [0.717, 1.165) is 39.0 Å². The van der Waals surface area contributed by atoms with Crippen molar-refractivity contribution in [3.8, 4) is 17.2 Å². The van der Waals surface area contributed by atoms with Gasteiger partial charge in [-0.3, -0.25) is 4.79 Å². The van der Waals surface area contributed by atoms with Gasteiger partial charge in [-0.1, -0.05) is 31.1 Å². The number of carbonyl (C=O) groups is 1. The van der Waals surface area contributed by atoms with Crippen molar-refractivity contribution >= 4 is 17.6 Å². The van der Waals surface area contributed by atoms with Crippen molar-refractivity contribution in [3.63, 3.8) is 0 Å². The first kappa shape index (κ1) is 24.2. The summed E-state index contributed by atoms with van der Waals surface area (Å²) in [5.41, 5.74) is 1.00. The molecule has 1 heterocycles. The Balaban J connectivity index is 1.60. The number of anilines is 2. The van der Waals surface area contributed by atoms with E-state index in [0.29, 0.717) is 28.9 Å². The van der Waals surface area contributed by atoms with E-state index in [9.17, 15) is 9.18 Å². The highest BCUT2D eigenvalue weighted by Crippen LogP contribution is 2.32. The van der Waals surface area contributed by atoms with Crippen LogP contribution < -0.4 is 15.4 Å².